The number of benzene rings is 1. The number of piperidine rings is 1. The molecule has 1 aliphatic heterocycles. The molecule has 1 aromatic rings. The molecule has 2 unspecified atom stereocenters. The van der Waals surface area contributed by atoms with Crippen molar-refractivity contribution < 1.29 is 17.9 Å². The zero-order valence-corrected chi connectivity index (χ0v) is 16.6. The molecule has 1 aromatic carbocycles. The van der Waals surface area contributed by atoms with Gasteiger partial charge in [-0.05, 0) is 49.8 Å². The van der Waals surface area contributed by atoms with Gasteiger partial charge in [-0.25, -0.2) is 12.7 Å². The molecular weight excluding hydrogens is 352 g/mol. The van der Waals surface area contributed by atoms with Crippen LogP contribution in [0.3, 0.4) is 0 Å². The Morgan fingerprint density at radius 2 is 1.85 bits per heavy atom. The molecule has 3 rings (SSSR count). The molecular formula is C19H28N2O4S. The van der Waals surface area contributed by atoms with E-state index >= 15 is 0 Å². The van der Waals surface area contributed by atoms with Crippen molar-refractivity contribution in [1.82, 2.24) is 9.21 Å². The summed E-state index contributed by atoms with van der Waals surface area (Å²) in [4.78, 5) is 15.2. The topological polar surface area (TPSA) is 66.9 Å². The summed E-state index contributed by atoms with van der Waals surface area (Å²) >= 11 is 0. The molecule has 26 heavy (non-hydrogen) atoms. The summed E-state index contributed by atoms with van der Waals surface area (Å²) in [6.45, 7) is 0.752. The molecule has 1 heterocycles. The van der Waals surface area contributed by atoms with Gasteiger partial charge in [0, 0.05) is 32.2 Å². The summed E-state index contributed by atoms with van der Waals surface area (Å²) in [5, 5.41) is 0. The standard InChI is InChI=1S/C19H28N2O4S/c1-20(2)26(23,24)18-13-15(10-11-17(18)25-3)19(22)21-12-6-8-14-7-4-5-9-16(14)21/h10-11,13-14,16H,4-9,12H2,1-3H3. The number of fused-ring (bicyclic) bond motifs is 1. The number of hydrogen-bond acceptors (Lipinski definition) is 4. The number of rotatable bonds is 4. The fourth-order valence-corrected chi connectivity index (χ4v) is 5.33. The Hall–Kier alpha value is -1.60. The predicted molar refractivity (Wildman–Crippen MR) is 99.9 cm³/mol. The van der Waals surface area contributed by atoms with E-state index in [-0.39, 0.29) is 16.6 Å². The molecule has 1 amide bonds. The summed E-state index contributed by atoms with van der Waals surface area (Å²) in [5.41, 5.74) is 0.414. The van der Waals surface area contributed by atoms with Crippen LogP contribution in [0.1, 0.15) is 48.9 Å². The van der Waals surface area contributed by atoms with E-state index in [0.29, 0.717) is 17.5 Å². The summed E-state index contributed by atoms with van der Waals surface area (Å²) in [7, 11) is 0.687. The number of carbonyl (C=O) groups is 1. The van der Waals surface area contributed by atoms with Crippen LogP contribution in [0.4, 0.5) is 0 Å². The monoisotopic (exact) mass is 380 g/mol. The minimum absolute atomic E-state index is 0.0352. The quantitative estimate of drug-likeness (QED) is 0.806. The van der Waals surface area contributed by atoms with Gasteiger partial charge < -0.3 is 9.64 Å². The number of nitrogens with zero attached hydrogens (tertiary/aromatic N) is 2. The van der Waals surface area contributed by atoms with Crippen molar-refractivity contribution in [3.05, 3.63) is 23.8 Å². The second-order valence-electron chi connectivity index (χ2n) is 7.41. The first-order valence-corrected chi connectivity index (χ1v) is 10.7. The van der Waals surface area contributed by atoms with Gasteiger partial charge in [0.25, 0.3) is 5.91 Å². The van der Waals surface area contributed by atoms with Gasteiger partial charge in [0.2, 0.25) is 10.0 Å². The lowest BCUT2D eigenvalue weighted by atomic mass is 9.78. The third kappa shape index (κ3) is 3.47. The van der Waals surface area contributed by atoms with E-state index in [1.807, 2.05) is 4.90 Å². The van der Waals surface area contributed by atoms with Gasteiger partial charge in [0.1, 0.15) is 10.6 Å². The molecule has 7 heteroatoms. The fourth-order valence-electron chi connectivity index (χ4n) is 4.25. The number of methoxy groups -OCH3 is 1. The largest absolute Gasteiger partial charge is 0.495 e. The molecule has 144 valence electrons. The molecule has 2 fully saturated rings. The number of amides is 1. The highest BCUT2D eigenvalue weighted by molar-refractivity contribution is 7.89. The minimum atomic E-state index is -3.69. The Kier molecular flexibility index (Phi) is 5.58. The van der Waals surface area contributed by atoms with E-state index in [0.717, 1.165) is 30.1 Å². The van der Waals surface area contributed by atoms with E-state index in [4.69, 9.17) is 4.74 Å². The summed E-state index contributed by atoms with van der Waals surface area (Å²) in [5.74, 6) is 0.772. The first kappa shape index (κ1) is 19.2. The van der Waals surface area contributed by atoms with Crippen molar-refractivity contribution in [2.45, 2.75) is 49.5 Å². The minimum Gasteiger partial charge on any atom is -0.495 e. The van der Waals surface area contributed by atoms with Crippen LogP contribution >= 0.6 is 0 Å². The normalized spacial score (nSPS) is 23.6. The smallest absolute Gasteiger partial charge is 0.254 e. The molecule has 1 aliphatic carbocycles. The van der Waals surface area contributed by atoms with Crippen LogP contribution in [0, 0.1) is 5.92 Å². The third-order valence-electron chi connectivity index (χ3n) is 5.67. The van der Waals surface area contributed by atoms with Gasteiger partial charge in [-0.1, -0.05) is 12.8 Å². The van der Waals surface area contributed by atoms with Crippen molar-refractivity contribution in [2.75, 3.05) is 27.7 Å². The van der Waals surface area contributed by atoms with Gasteiger partial charge >= 0.3 is 0 Å². The van der Waals surface area contributed by atoms with E-state index in [1.54, 1.807) is 12.1 Å². The van der Waals surface area contributed by atoms with Crippen molar-refractivity contribution >= 4 is 15.9 Å². The number of hydrogen-bond donors (Lipinski definition) is 0. The molecule has 0 aromatic heterocycles. The van der Waals surface area contributed by atoms with Gasteiger partial charge in [0.05, 0.1) is 7.11 Å². The predicted octanol–water partition coefficient (Wildman–Crippen LogP) is 2.74. The van der Waals surface area contributed by atoms with Crippen molar-refractivity contribution in [3.63, 3.8) is 0 Å². The Morgan fingerprint density at radius 3 is 2.54 bits per heavy atom. The third-order valence-corrected chi connectivity index (χ3v) is 7.51. The average molecular weight is 381 g/mol. The van der Waals surface area contributed by atoms with E-state index in [1.165, 1.54) is 46.5 Å². The van der Waals surface area contributed by atoms with Crippen molar-refractivity contribution in [1.29, 1.82) is 0 Å². The maximum Gasteiger partial charge on any atom is 0.254 e. The van der Waals surface area contributed by atoms with E-state index < -0.39 is 10.0 Å². The first-order valence-electron chi connectivity index (χ1n) is 9.28. The maximum atomic E-state index is 13.2. The van der Waals surface area contributed by atoms with Crippen LogP contribution in [-0.4, -0.2) is 57.3 Å². The molecule has 0 N–H and O–H groups in total. The molecule has 6 nitrogen and oxygen atoms in total. The summed E-state index contributed by atoms with van der Waals surface area (Å²) in [6.07, 6.45) is 6.86. The summed E-state index contributed by atoms with van der Waals surface area (Å²) < 4.78 is 31.6. The van der Waals surface area contributed by atoms with Crippen LogP contribution in [0.2, 0.25) is 0 Å². The van der Waals surface area contributed by atoms with Crippen LogP contribution in [0.15, 0.2) is 23.1 Å². The maximum absolute atomic E-state index is 13.2. The van der Waals surface area contributed by atoms with Crippen LogP contribution in [0.25, 0.3) is 0 Å². The highest BCUT2D eigenvalue weighted by Gasteiger charge is 2.36. The number of ether oxygens (including phenoxy) is 1. The van der Waals surface area contributed by atoms with Crippen molar-refractivity contribution in [2.24, 2.45) is 5.92 Å². The highest BCUT2D eigenvalue weighted by atomic mass is 32.2. The second kappa shape index (κ2) is 7.56. The Labute approximate surface area is 156 Å². The average Bonchev–Trinajstić information content (AvgIpc) is 2.66. The lowest BCUT2D eigenvalue weighted by molar-refractivity contribution is 0.0390. The number of likely N-dealkylation sites (tertiary alicyclic amines) is 1. The lowest BCUT2D eigenvalue weighted by Crippen LogP contribution is -2.49. The zero-order chi connectivity index (χ0) is 18.9. The zero-order valence-electron chi connectivity index (χ0n) is 15.8. The van der Waals surface area contributed by atoms with Gasteiger partial charge in [-0.2, -0.15) is 0 Å². The molecule has 1 saturated heterocycles. The Bertz CT molecular complexity index is 774. The van der Waals surface area contributed by atoms with E-state index in [9.17, 15) is 13.2 Å². The van der Waals surface area contributed by atoms with Gasteiger partial charge in [-0.3, -0.25) is 4.79 Å². The Morgan fingerprint density at radius 1 is 1.15 bits per heavy atom. The molecule has 0 bridgehead atoms. The van der Waals surface area contributed by atoms with Crippen LogP contribution in [-0.2, 0) is 10.0 Å². The van der Waals surface area contributed by atoms with Crippen molar-refractivity contribution in [3.8, 4) is 5.75 Å². The molecule has 0 spiro atoms. The highest BCUT2D eigenvalue weighted by Crippen LogP contribution is 2.36. The Balaban J connectivity index is 1.95. The SMILES string of the molecule is COc1ccc(C(=O)N2CCCC3CCCCC32)cc1S(=O)(=O)N(C)C. The first-order chi connectivity index (χ1) is 12.4. The molecule has 2 atom stereocenters. The molecule has 2 aliphatic rings. The second-order valence-corrected chi connectivity index (χ2v) is 9.53. The molecule has 0 radical (unpaired) electrons. The van der Waals surface area contributed by atoms with E-state index in [2.05, 4.69) is 0 Å². The van der Waals surface area contributed by atoms with Gasteiger partial charge in [-0.15, -0.1) is 0 Å². The summed E-state index contributed by atoms with van der Waals surface area (Å²) in [6, 6.07) is 5.00. The van der Waals surface area contributed by atoms with Crippen LogP contribution in [0.5, 0.6) is 5.75 Å². The van der Waals surface area contributed by atoms with Crippen LogP contribution < -0.4 is 4.74 Å². The lowest BCUT2D eigenvalue weighted by Gasteiger charge is -2.44. The number of carbonyl (C=O) groups excluding carboxylic acids is 1. The molecule has 1 saturated carbocycles. The fraction of sp³-hybridized carbons (Fsp3) is 0.632. The number of sulfonamides is 1. The van der Waals surface area contributed by atoms with Gasteiger partial charge in [0.15, 0.2) is 0 Å².